The van der Waals surface area contributed by atoms with E-state index in [4.69, 9.17) is 0 Å². The third kappa shape index (κ3) is 4.14. The molecule has 0 saturated carbocycles. The number of carbonyl (C=O) groups excluding carboxylic acids is 2. The molecule has 7 nitrogen and oxygen atoms in total. The first-order valence-electron chi connectivity index (χ1n) is 7.31. The van der Waals surface area contributed by atoms with Crippen LogP contribution in [0.5, 0.6) is 0 Å². The summed E-state index contributed by atoms with van der Waals surface area (Å²) in [4.78, 5) is 26.3. The molecule has 1 N–H and O–H groups in total. The molecular weight excluding hydrogens is 270 g/mol. The zero-order valence-electron chi connectivity index (χ0n) is 12.3. The van der Waals surface area contributed by atoms with Gasteiger partial charge in [0.2, 0.25) is 6.41 Å². The normalized spacial score (nSPS) is 14.9. The second-order valence-electron chi connectivity index (χ2n) is 5.01. The number of nitrogens with one attached hydrogen (secondary N) is 1. The van der Waals surface area contributed by atoms with Crippen molar-refractivity contribution in [1.29, 1.82) is 0 Å². The van der Waals surface area contributed by atoms with Crippen LogP contribution in [0.2, 0.25) is 0 Å². The van der Waals surface area contributed by atoms with Crippen molar-refractivity contribution in [3.8, 4) is 0 Å². The summed E-state index contributed by atoms with van der Waals surface area (Å²) in [6.45, 7) is 5.57. The van der Waals surface area contributed by atoms with Crippen LogP contribution in [0.4, 0.5) is 5.82 Å². The van der Waals surface area contributed by atoms with E-state index >= 15 is 0 Å². The van der Waals surface area contributed by atoms with Crippen molar-refractivity contribution >= 4 is 18.1 Å². The maximum Gasteiger partial charge on any atom is 0.271 e. The lowest BCUT2D eigenvalue weighted by Crippen LogP contribution is -2.46. The molecule has 1 saturated heterocycles. The second kappa shape index (κ2) is 7.56. The first-order valence-corrected chi connectivity index (χ1v) is 7.31. The predicted molar refractivity (Wildman–Crippen MR) is 79.1 cm³/mol. The highest BCUT2D eigenvalue weighted by Gasteiger charge is 2.17. The highest BCUT2D eigenvalue weighted by Crippen LogP contribution is 2.12. The molecule has 0 bridgehead atoms. The molecule has 0 aromatic carbocycles. The van der Waals surface area contributed by atoms with Gasteiger partial charge in [-0.05, 0) is 18.6 Å². The van der Waals surface area contributed by atoms with E-state index < -0.39 is 0 Å². The molecule has 0 radical (unpaired) electrons. The van der Waals surface area contributed by atoms with Crippen molar-refractivity contribution in [2.24, 2.45) is 0 Å². The van der Waals surface area contributed by atoms with Gasteiger partial charge in [-0.25, -0.2) is 0 Å². The minimum atomic E-state index is -0.187. The minimum absolute atomic E-state index is 0.187. The molecule has 7 heteroatoms. The van der Waals surface area contributed by atoms with Gasteiger partial charge in [-0.2, -0.15) is 0 Å². The zero-order valence-corrected chi connectivity index (χ0v) is 12.3. The smallest absolute Gasteiger partial charge is 0.271 e. The van der Waals surface area contributed by atoms with Crippen LogP contribution in [-0.2, 0) is 4.79 Å². The summed E-state index contributed by atoms with van der Waals surface area (Å²) in [5.41, 5.74) is 0.335. The zero-order chi connectivity index (χ0) is 15.1. The van der Waals surface area contributed by atoms with E-state index in [1.54, 1.807) is 17.0 Å². The Morgan fingerprint density at radius 2 is 2.05 bits per heavy atom. The van der Waals surface area contributed by atoms with E-state index in [0.717, 1.165) is 38.2 Å². The molecule has 2 rings (SSSR count). The number of carbonyl (C=O) groups is 2. The van der Waals surface area contributed by atoms with Gasteiger partial charge in [0.1, 0.15) is 0 Å². The summed E-state index contributed by atoms with van der Waals surface area (Å²) < 4.78 is 0. The summed E-state index contributed by atoms with van der Waals surface area (Å²) >= 11 is 0. The molecule has 21 heavy (non-hydrogen) atoms. The van der Waals surface area contributed by atoms with Gasteiger partial charge in [0.05, 0.1) is 0 Å². The number of aromatic nitrogens is 2. The fraction of sp³-hybridized carbons (Fsp3) is 0.571. The van der Waals surface area contributed by atoms with Gasteiger partial charge >= 0.3 is 0 Å². The van der Waals surface area contributed by atoms with Crippen LogP contribution in [0.15, 0.2) is 12.1 Å². The molecule has 1 aliphatic rings. The van der Waals surface area contributed by atoms with Crippen molar-refractivity contribution in [2.75, 3.05) is 37.6 Å². The third-order valence-electron chi connectivity index (χ3n) is 3.49. The molecule has 0 unspecified atom stereocenters. The molecule has 1 aliphatic heterocycles. The van der Waals surface area contributed by atoms with Crippen LogP contribution >= 0.6 is 0 Å². The fourth-order valence-corrected chi connectivity index (χ4v) is 2.14. The van der Waals surface area contributed by atoms with Crippen LogP contribution < -0.4 is 10.2 Å². The van der Waals surface area contributed by atoms with Crippen LogP contribution in [0, 0.1) is 0 Å². The molecule has 0 spiro atoms. The summed E-state index contributed by atoms with van der Waals surface area (Å²) in [5, 5.41) is 10.9. The Kier molecular flexibility index (Phi) is 5.48. The minimum Gasteiger partial charge on any atom is -0.352 e. The SMILES string of the molecule is CCCCNC(=O)c1ccc(N2CCN(C=O)CC2)nn1. The van der Waals surface area contributed by atoms with Gasteiger partial charge in [-0.15, -0.1) is 10.2 Å². The second-order valence-corrected chi connectivity index (χ2v) is 5.01. The van der Waals surface area contributed by atoms with E-state index in [-0.39, 0.29) is 5.91 Å². The lowest BCUT2D eigenvalue weighted by Gasteiger charge is -2.32. The monoisotopic (exact) mass is 291 g/mol. The summed E-state index contributed by atoms with van der Waals surface area (Å²) in [5.74, 6) is 0.555. The highest BCUT2D eigenvalue weighted by molar-refractivity contribution is 5.92. The van der Waals surface area contributed by atoms with Gasteiger partial charge in [-0.3, -0.25) is 9.59 Å². The van der Waals surface area contributed by atoms with Crippen LogP contribution in [0.3, 0.4) is 0 Å². The topological polar surface area (TPSA) is 78.4 Å². The Labute approximate surface area is 124 Å². The predicted octanol–water partition coefficient (Wildman–Crippen LogP) is 0.285. The molecule has 0 aliphatic carbocycles. The first kappa shape index (κ1) is 15.2. The van der Waals surface area contributed by atoms with E-state index in [0.29, 0.717) is 25.3 Å². The van der Waals surface area contributed by atoms with Crippen LogP contribution in [0.25, 0.3) is 0 Å². The number of unbranched alkanes of at least 4 members (excludes halogenated alkanes) is 1. The van der Waals surface area contributed by atoms with E-state index in [1.165, 1.54) is 0 Å². The largest absolute Gasteiger partial charge is 0.352 e. The quantitative estimate of drug-likeness (QED) is 0.602. The summed E-state index contributed by atoms with van der Waals surface area (Å²) in [7, 11) is 0. The molecule has 2 amide bonds. The third-order valence-corrected chi connectivity index (χ3v) is 3.49. The van der Waals surface area contributed by atoms with E-state index in [1.807, 2.05) is 0 Å². The van der Waals surface area contributed by atoms with E-state index in [9.17, 15) is 9.59 Å². The van der Waals surface area contributed by atoms with Crippen molar-refractivity contribution in [2.45, 2.75) is 19.8 Å². The maximum absolute atomic E-state index is 11.8. The first-order chi connectivity index (χ1) is 10.2. The number of nitrogens with zero attached hydrogens (tertiary/aromatic N) is 4. The van der Waals surface area contributed by atoms with Crippen LogP contribution in [-0.4, -0.2) is 60.1 Å². The molecule has 114 valence electrons. The Balaban J connectivity index is 1.90. The molecule has 1 fully saturated rings. The molecular formula is C14H21N5O2. The lowest BCUT2D eigenvalue weighted by atomic mass is 10.3. The van der Waals surface area contributed by atoms with Gasteiger partial charge in [0.15, 0.2) is 11.5 Å². The standard InChI is InChI=1S/C14H21N5O2/c1-2-3-6-15-14(21)12-4-5-13(17-16-12)19-9-7-18(11-20)8-10-19/h4-5,11H,2-3,6-10H2,1H3,(H,15,21). The molecule has 1 aromatic heterocycles. The van der Waals surface area contributed by atoms with Crippen molar-refractivity contribution in [3.63, 3.8) is 0 Å². The number of amides is 2. The highest BCUT2D eigenvalue weighted by atomic mass is 16.2. The molecule has 2 heterocycles. The number of hydrogen-bond donors (Lipinski definition) is 1. The number of anilines is 1. The van der Waals surface area contributed by atoms with Crippen LogP contribution in [0.1, 0.15) is 30.3 Å². The van der Waals surface area contributed by atoms with Gasteiger partial charge < -0.3 is 15.1 Å². The Morgan fingerprint density at radius 3 is 2.62 bits per heavy atom. The van der Waals surface area contributed by atoms with Crippen molar-refractivity contribution in [1.82, 2.24) is 20.4 Å². The Hall–Kier alpha value is -2.18. The van der Waals surface area contributed by atoms with Gasteiger partial charge in [-0.1, -0.05) is 13.3 Å². The fourth-order valence-electron chi connectivity index (χ4n) is 2.14. The summed E-state index contributed by atoms with van der Waals surface area (Å²) in [6, 6.07) is 3.49. The number of rotatable bonds is 6. The Bertz CT molecular complexity index is 469. The lowest BCUT2D eigenvalue weighted by molar-refractivity contribution is -0.118. The van der Waals surface area contributed by atoms with Gasteiger partial charge in [0, 0.05) is 32.7 Å². The van der Waals surface area contributed by atoms with Gasteiger partial charge in [0.25, 0.3) is 5.91 Å². The summed E-state index contributed by atoms with van der Waals surface area (Å²) in [6.07, 6.45) is 2.86. The maximum atomic E-state index is 11.8. The average molecular weight is 291 g/mol. The van der Waals surface area contributed by atoms with Crippen molar-refractivity contribution in [3.05, 3.63) is 17.8 Å². The average Bonchev–Trinajstić information content (AvgIpc) is 2.55. The van der Waals surface area contributed by atoms with Crippen molar-refractivity contribution < 1.29 is 9.59 Å². The molecule has 1 aromatic rings. The molecule has 0 atom stereocenters. The number of hydrogen-bond acceptors (Lipinski definition) is 5. The Morgan fingerprint density at radius 1 is 1.29 bits per heavy atom. The van der Waals surface area contributed by atoms with E-state index in [2.05, 4.69) is 27.3 Å². The number of piperazine rings is 1.